The molecule has 2 aliphatic heterocycles. The number of nitrogens with zero attached hydrogens (tertiary/aromatic N) is 1. The quantitative estimate of drug-likeness (QED) is 0.792. The number of ether oxygens (including phenoxy) is 2. The van der Waals surface area contributed by atoms with Crippen LogP contribution in [0.4, 0.5) is 4.39 Å². The SMILES string of the molecule is O=C(COC[C@H]1CCCCO1)N1CCC(Cc2ccccc2F)CC1. The molecule has 2 fully saturated rings. The van der Waals surface area contributed by atoms with E-state index in [1.54, 1.807) is 6.07 Å². The van der Waals surface area contributed by atoms with E-state index in [4.69, 9.17) is 9.47 Å². The third kappa shape index (κ3) is 5.51. The van der Waals surface area contributed by atoms with Crippen molar-refractivity contribution in [2.24, 2.45) is 5.92 Å². The van der Waals surface area contributed by atoms with E-state index in [9.17, 15) is 9.18 Å². The third-order valence-electron chi connectivity index (χ3n) is 5.24. The molecule has 25 heavy (non-hydrogen) atoms. The van der Waals surface area contributed by atoms with Gasteiger partial charge in [-0.1, -0.05) is 18.2 Å². The van der Waals surface area contributed by atoms with Crippen molar-refractivity contribution in [2.45, 2.75) is 44.6 Å². The zero-order valence-electron chi connectivity index (χ0n) is 14.8. The molecule has 1 aromatic carbocycles. The van der Waals surface area contributed by atoms with Crippen LogP contribution in [0.15, 0.2) is 24.3 Å². The molecule has 0 aromatic heterocycles. The summed E-state index contributed by atoms with van der Waals surface area (Å²) in [6.45, 7) is 2.92. The second-order valence-electron chi connectivity index (χ2n) is 7.12. The van der Waals surface area contributed by atoms with Gasteiger partial charge in [0.25, 0.3) is 0 Å². The van der Waals surface area contributed by atoms with E-state index in [0.29, 0.717) is 12.5 Å². The van der Waals surface area contributed by atoms with Gasteiger partial charge in [0.2, 0.25) is 5.91 Å². The maximum atomic E-state index is 13.8. The highest BCUT2D eigenvalue weighted by Gasteiger charge is 2.24. The molecule has 1 atom stereocenters. The molecule has 5 heteroatoms. The normalized spacial score (nSPS) is 22.1. The Hall–Kier alpha value is -1.46. The van der Waals surface area contributed by atoms with Crippen molar-refractivity contribution in [2.75, 3.05) is 32.9 Å². The number of rotatable bonds is 6. The number of piperidine rings is 1. The zero-order valence-corrected chi connectivity index (χ0v) is 14.8. The maximum absolute atomic E-state index is 13.8. The van der Waals surface area contributed by atoms with E-state index < -0.39 is 0 Å². The summed E-state index contributed by atoms with van der Waals surface area (Å²) in [4.78, 5) is 14.1. The minimum absolute atomic E-state index is 0.0557. The van der Waals surface area contributed by atoms with Crippen molar-refractivity contribution in [3.05, 3.63) is 35.6 Å². The molecule has 2 saturated heterocycles. The van der Waals surface area contributed by atoms with Gasteiger partial charge in [-0.3, -0.25) is 4.79 Å². The smallest absolute Gasteiger partial charge is 0.248 e. The average Bonchev–Trinajstić information content (AvgIpc) is 2.65. The fourth-order valence-corrected chi connectivity index (χ4v) is 3.67. The highest BCUT2D eigenvalue weighted by atomic mass is 19.1. The van der Waals surface area contributed by atoms with Crippen LogP contribution in [0.5, 0.6) is 0 Å². The van der Waals surface area contributed by atoms with Crippen molar-refractivity contribution in [1.29, 1.82) is 0 Å². The minimum Gasteiger partial charge on any atom is -0.376 e. The standard InChI is InChI=1S/C20H28FNO3/c21-19-7-2-1-5-17(19)13-16-8-10-22(11-9-16)20(23)15-24-14-18-6-3-4-12-25-18/h1-2,5,7,16,18H,3-4,6,8-15H2/t18-/m1/s1. The number of amides is 1. The van der Waals surface area contributed by atoms with Gasteiger partial charge in [-0.2, -0.15) is 0 Å². The summed E-state index contributed by atoms with van der Waals surface area (Å²) >= 11 is 0. The van der Waals surface area contributed by atoms with Crippen molar-refractivity contribution < 1.29 is 18.7 Å². The highest BCUT2D eigenvalue weighted by molar-refractivity contribution is 5.77. The summed E-state index contributed by atoms with van der Waals surface area (Å²) in [5.41, 5.74) is 0.781. The Balaban J connectivity index is 1.35. The van der Waals surface area contributed by atoms with E-state index >= 15 is 0 Å². The van der Waals surface area contributed by atoms with Gasteiger partial charge in [0.15, 0.2) is 0 Å². The summed E-state index contributed by atoms with van der Waals surface area (Å²) in [7, 11) is 0. The lowest BCUT2D eigenvalue weighted by Crippen LogP contribution is -2.41. The first-order valence-electron chi connectivity index (χ1n) is 9.43. The van der Waals surface area contributed by atoms with E-state index in [1.807, 2.05) is 17.0 Å². The van der Waals surface area contributed by atoms with Crippen LogP contribution in [0.1, 0.15) is 37.7 Å². The largest absolute Gasteiger partial charge is 0.376 e. The van der Waals surface area contributed by atoms with Gasteiger partial charge in [0, 0.05) is 19.7 Å². The van der Waals surface area contributed by atoms with Crippen LogP contribution in [-0.4, -0.2) is 49.8 Å². The lowest BCUT2D eigenvalue weighted by molar-refractivity contribution is -0.139. The second kappa shape index (κ2) is 9.30. The molecule has 0 radical (unpaired) electrons. The first-order chi connectivity index (χ1) is 12.2. The predicted octanol–water partition coefficient (Wildman–Crippen LogP) is 3.19. The number of carbonyl (C=O) groups excluding carboxylic acids is 1. The molecule has 4 nitrogen and oxygen atoms in total. The Morgan fingerprint density at radius 3 is 2.72 bits per heavy atom. The molecule has 3 rings (SSSR count). The molecular formula is C20H28FNO3. The Bertz CT molecular complexity index is 552. The van der Waals surface area contributed by atoms with Crippen molar-refractivity contribution in [3.8, 4) is 0 Å². The molecular weight excluding hydrogens is 321 g/mol. The lowest BCUT2D eigenvalue weighted by Gasteiger charge is -2.32. The highest BCUT2D eigenvalue weighted by Crippen LogP contribution is 2.23. The lowest BCUT2D eigenvalue weighted by atomic mass is 9.90. The van der Waals surface area contributed by atoms with E-state index in [0.717, 1.165) is 57.4 Å². The predicted molar refractivity (Wildman–Crippen MR) is 93.8 cm³/mol. The number of likely N-dealkylation sites (tertiary alicyclic amines) is 1. The molecule has 0 bridgehead atoms. The molecule has 0 unspecified atom stereocenters. The van der Waals surface area contributed by atoms with Crippen LogP contribution in [0.25, 0.3) is 0 Å². The van der Waals surface area contributed by atoms with Gasteiger partial charge in [-0.15, -0.1) is 0 Å². The van der Waals surface area contributed by atoms with Crippen molar-refractivity contribution in [3.63, 3.8) is 0 Å². The molecule has 1 aromatic rings. The summed E-state index contributed by atoms with van der Waals surface area (Å²) in [5.74, 6) is 0.372. The van der Waals surface area contributed by atoms with Crippen molar-refractivity contribution in [1.82, 2.24) is 4.90 Å². The Morgan fingerprint density at radius 1 is 1.20 bits per heavy atom. The monoisotopic (exact) mass is 349 g/mol. The number of halogens is 1. The van der Waals surface area contributed by atoms with Crippen LogP contribution in [-0.2, 0) is 20.7 Å². The summed E-state index contributed by atoms with van der Waals surface area (Å²) in [6, 6.07) is 6.97. The van der Waals surface area contributed by atoms with Crippen molar-refractivity contribution >= 4 is 5.91 Å². The molecule has 0 aliphatic carbocycles. The Morgan fingerprint density at radius 2 is 2.00 bits per heavy atom. The topological polar surface area (TPSA) is 38.8 Å². The second-order valence-corrected chi connectivity index (χ2v) is 7.12. The Labute approximate surface area is 149 Å². The number of carbonyl (C=O) groups is 1. The van der Waals surface area contributed by atoms with Gasteiger partial charge >= 0.3 is 0 Å². The fraction of sp³-hybridized carbons (Fsp3) is 0.650. The number of hydrogen-bond acceptors (Lipinski definition) is 3. The summed E-state index contributed by atoms with van der Waals surface area (Å²) in [6.07, 6.45) is 6.07. The maximum Gasteiger partial charge on any atom is 0.248 e. The van der Waals surface area contributed by atoms with Crippen LogP contribution in [0, 0.1) is 11.7 Å². The van der Waals surface area contributed by atoms with Gasteiger partial charge < -0.3 is 14.4 Å². The van der Waals surface area contributed by atoms with E-state index in [-0.39, 0.29) is 24.4 Å². The molecule has 1 amide bonds. The van der Waals surface area contributed by atoms with Crippen LogP contribution in [0.3, 0.4) is 0 Å². The molecule has 2 heterocycles. The zero-order chi connectivity index (χ0) is 17.5. The van der Waals surface area contributed by atoms with Crippen LogP contribution in [0.2, 0.25) is 0 Å². The van der Waals surface area contributed by atoms with Crippen LogP contribution >= 0.6 is 0 Å². The Kier molecular flexibility index (Phi) is 6.82. The molecule has 0 N–H and O–H groups in total. The third-order valence-corrected chi connectivity index (χ3v) is 5.24. The van der Waals surface area contributed by atoms with Gasteiger partial charge in [0.1, 0.15) is 12.4 Å². The summed E-state index contributed by atoms with van der Waals surface area (Å²) < 4.78 is 24.9. The minimum atomic E-state index is -0.126. The molecule has 2 aliphatic rings. The van der Waals surface area contributed by atoms with Crippen LogP contribution < -0.4 is 0 Å². The van der Waals surface area contributed by atoms with E-state index in [2.05, 4.69) is 0 Å². The summed E-state index contributed by atoms with van der Waals surface area (Å²) in [5, 5.41) is 0. The van der Waals surface area contributed by atoms with Gasteiger partial charge in [-0.05, 0) is 56.1 Å². The fourth-order valence-electron chi connectivity index (χ4n) is 3.67. The van der Waals surface area contributed by atoms with E-state index in [1.165, 1.54) is 12.5 Å². The molecule has 138 valence electrons. The number of benzene rings is 1. The first-order valence-corrected chi connectivity index (χ1v) is 9.43. The first kappa shape index (κ1) is 18.3. The molecule has 0 saturated carbocycles. The number of hydrogen-bond donors (Lipinski definition) is 0. The van der Waals surface area contributed by atoms with Gasteiger partial charge in [-0.25, -0.2) is 4.39 Å². The molecule has 0 spiro atoms. The van der Waals surface area contributed by atoms with Gasteiger partial charge in [0.05, 0.1) is 12.7 Å². The average molecular weight is 349 g/mol.